The van der Waals surface area contributed by atoms with Gasteiger partial charge in [-0.15, -0.1) is 0 Å². The summed E-state index contributed by atoms with van der Waals surface area (Å²) in [7, 11) is 1.55. The molecule has 138 valence electrons. The van der Waals surface area contributed by atoms with E-state index in [1.165, 1.54) is 4.90 Å². The van der Waals surface area contributed by atoms with Crippen molar-refractivity contribution in [3.05, 3.63) is 64.7 Å². The third-order valence-corrected chi connectivity index (χ3v) is 4.24. The Morgan fingerprint density at radius 2 is 1.92 bits per heavy atom. The zero-order chi connectivity index (χ0) is 19.1. The van der Waals surface area contributed by atoms with Gasteiger partial charge in [-0.2, -0.15) is 0 Å². The van der Waals surface area contributed by atoms with Crippen molar-refractivity contribution in [1.29, 1.82) is 0 Å². The van der Waals surface area contributed by atoms with Crippen molar-refractivity contribution < 1.29 is 14.3 Å². The number of likely N-dealkylation sites (N-methyl/N-ethyl adjacent to an activating group) is 1. The summed E-state index contributed by atoms with van der Waals surface area (Å²) in [5.74, 6) is 0.00490. The van der Waals surface area contributed by atoms with Gasteiger partial charge in [-0.05, 0) is 37.6 Å². The Labute approximate surface area is 158 Å². The van der Waals surface area contributed by atoms with Crippen LogP contribution in [0.1, 0.15) is 18.1 Å². The van der Waals surface area contributed by atoms with Gasteiger partial charge in [0.05, 0.1) is 0 Å². The average molecular weight is 375 g/mol. The van der Waals surface area contributed by atoms with E-state index in [0.717, 1.165) is 11.1 Å². The normalized spacial score (nSPS) is 11.5. The second-order valence-corrected chi connectivity index (χ2v) is 6.48. The van der Waals surface area contributed by atoms with Crippen LogP contribution < -0.4 is 10.1 Å². The Morgan fingerprint density at radius 1 is 1.19 bits per heavy atom. The molecule has 1 atom stereocenters. The van der Waals surface area contributed by atoms with Gasteiger partial charge in [-0.25, -0.2) is 0 Å². The zero-order valence-electron chi connectivity index (χ0n) is 15.2. The van der Waals surface area contributed by atoms with E-state index in [1.54, 1.807) is 38.2 Å². The number of amides is 2. The summed E-state index contributed by atoms with van der Waals surface area (Å²) in [6, 6.07) is 14.1. The Hall–Kier alpha value is -2.53. The Balaban J connectivity index is 2.13. The van der Waals surface area contributed by atoms with Gasteiger partial charge in [0.2, 0.25) is 5.91 Å². The van der Waals surface area contributed by atoms with E-state index in [4.69, 9.17) is 16.3 Å². The number of carbonyl (C=O) groups excluding carboxylic acids is 2. The smallest absolute Gasteiger partial charge is 0.261 e. The van der Waals surface area contributed by atoms with Crippen LogP contribution in [0.4, 0.5) is 0 Å². The predicted octanol–water partition coefficient (Wildman–Crippen LogP) is 3.19. The van der Waals surface area contributed by atoms with Crippen molar-refractivity contribution in [1.82, 2.24) is 10.2 Å². The molecule has 5 nitrogen and oxygen atoms in total. The van der Waals surface area contributed by atoms with Gasteiger partial charge in [-0.1, -0.05) is 47.5 Å². The second-order valence-electron chi connectivity index (χ2n) is 6.05. The largest absolute Gasteiger partial charge is 0.484 e. The molecule has 0 aromatic heterocycles. The Bertz CT molecular complexity index is 779. The number of carbonyl (C=O) groups is 2. The molecule has 2 aromatic carbocycles. The molecule has 0 spiro atoms. The Morgan fingerprint density at radius 3 is 2.58 bits per heavy atom. The van der Waals surface area contributed by atoms with Crippen molar-refractivity contribution in [2.24, 2.45) is 0 Å². The summed E-state index contributed by atoms with van der Waals surface area (Å²) in [4.78, 5) is 26.3. The van der Waals surface area contributed by atoms with Gasteiger partial charge >= 0.3 is 0 Å². The van der Waals surface area contributed by atoms with Crippen LogP contribution in [0.5, 0.6) is 5.75 Å². The molecule has 26 heavy (non-hydrogen) atoms. The van der Waals surface area contributed by atoms with E-state index in [2.05, 4.69) is 5.32 Å². The van der Waals surface area contributed by atoms with Crippen LogP contribution in [0.15, 0.2) is 48.5 Å². The minimum absolute atomic E-state index is 0.173. The summed E-state index contributed by atoms with van der Waals surface area (Å²) in [5.41, 5.74) is 2.05. The molecule has 0 bridgehead atoms. The molecule has 1 N–H and O–H groups in total. The molecule has 0 aliphatic heterocycles. The fraction of sp³-hybridized carbons (Fsp3) is 0.300. The van der Waals surface area contributed by atoms with Gasteiger partial charge in [0, 0.05) is 18.6 Å². The van der Waals surface area contributed by atoms with Gasteiger partial charge < -0.3 is 15.0 Å². The maximum absolute atomic E-state index is 12.7. The van der Waals surface area contributed by atoms with Gasteiger partial charge in [0.15, 0.2) is 6.61 Å². The molecule has 6 heteroatoms. The molecule has 1 unspecified atom stereocenters. The zero-order valence-corrected chi connectivity index (χ0v) is 15.9. The molecule has 2 amide bonds. The monoisotopic (exact) mass is 374 g/mol. The summed E-state index contributed by atoms with van der Waals surface area (Å²) in [5, 5.41) is 3.12. The van der Waals surface area contributed by atoms with Gasteiger partial charge in [0.1, 0.15) is 11.8 Å². The molecule has 0 heterocycles. The van der Waals surface area contributed by atoms with Gasteiger partial charge in [-0.3, -0.25) is 9.59 Å². The van der Waals surface area contributed by atoms with E-state index < -0.39 is 6.04 Å². The summed E-state index contributed by atoms with van der Waals surface area (Å²) in [6.07, 6.45) is 0. The van der Waals surface area contributed by atoms with Crippen LogP contribution in [0.25, 0.3) is 0 Å². The number of ether oxygens (including phenoxy) is 1. The number of hydrogen-bond acceptors (Lipinski definition) is 3. The number of halogens is 1. The summed E-state index contributed by atoms with van der Waals surface area (Å²) in [6.45, 7) is 3.84. The number of hydrogen-bond donors (Lipinski definition) is 1. The van der Waals surface area contributed by atoms with E-state index in [1.807, 2.05) is 31.2 Å². The van der Waals surface area contributed by atoms with Crippen LogP contribution in [0.3, 0.4) is 0 Å². The number of aryl methyl sites for hydroxylation is 1. The first-order chi connectivity index (χ1) is 12.4. The third-order valence-electron chi connectivity index (χ3n) is 4.01. The SMILES string of the molecule is CNC(=O)C(C)N(Cc1cccc(C)c1)C(=O)COc1cccc(Cl)c1. The highest BCUT2D eigenvalue weighted by atomic mass is 35.5. The molecule has 0 aliphatic rings. The topological polar surface area (TPSA) is 58.6 Å². The van der Waals surface area contributed by atoms with Crippen LogP contribution in [-0.2, 0) is 16.1 Å². The molecule has 0 fully saturated rings. The van der Waals surface area contributed by atoms with Crippen molar-refractivity contribution in [2.45, 2.75) is 26.4 Å². The van der Waals surface area contributed by atoms with Crippen molar-refractivity contribution in [2.75, 3.05) is 13.7 Å². The Kier molecular flexibility index (Phi) is 7.04. The molecule has 0 saturated carbocycles. The summed E-state index contributed by atoms with van der Waals surface area (Å²) < 4.78 is 5.55. The van der Waals surface area contributed by atoms with E-state index in [9.17, 15) is 9.59 Å². The lowest BCUT2D eigenvalue weighted by Gasteiger charge is -2.28. The average Bonchev–Trinajstić information content (AvgIpc) is 2.63. The molecular weight excluding hydrogens is 352 g/mol. The highest BCUT2D eigenvalue weighted by molar-refractivity contribution is 6.30. The van der Waals surface area contributed by atoms with Crippen molar-refractivity contribution in [3.63, 3.8) is 0 Å². The first kappa shape index (κ1) is 19.8. The standard InChI is InChI=1S/C20H23ClN2O3/c1-14-6-4-7-16(10-14)12-23(15(2)20(25)22-3)19(24)13-26-18-9-5-8-17(21)11-18/h4-11,15H,12-13H2,1-3H3,(H,22,25). The maximum Gasteiger partial charge on any atom is 0.261 e. The lowest BCUT2D eigenvalue weighted by atomic mass is 10.1. The fourth-order valence-electron chi connectivity index (χ4n) is 2.58. The van der Waals surface area contributed by atoms with Crippen LogP contribution in [-0.4, -0.2) is 36.4 Å². The predicted molar refractivity (Wildman–Crippen MR) is 102 cm³/mol. The lowest BCUT2D eigenvalue weighted by molar-refractivity contribution is -0.142. The number of rotatable bonds is 7. The minimum atomic E-state index is -0.615. The molecule has 0 radical (unpaired) electrons. The van der Waals surface area contributed by atoms with Gasteiger partial charge in [0.25, 0.3) is 5.91 Å². The van der Waals surface area contributed by atoms with Crippen LogP contribution >= 0.6 is 11.6 Å². The minimum Gasteiger partial charge on any atom is -0.484 e. The van der Waals surface area contributed by atoms with Crippen LogP contribution in [0, 0.1) is 6.92 Å². The number of nitrogens with zero attached hydrogens (tertiary/aromatic N) is 1. The van der Waals surface area contributed by atoms with Crippen molar-refractivity contribution >= 4 is 23.4 Å². The molecule has 2 aromatic rings. The first-order valence-corrected chi connectivity index (χ1v) is 8.73. The summed E-state index contributed by atoms with van der Waals surface area (Å²) >= 11 is 5.93. The maximum atomic E-state index is 12.7. The fourth-order valence-corrected chi connectivity index (χ4v) is 2.76. The molecule has 2 rings (SSSR count). The quantitative estimate of drug-likeness (QED) is 0.809. The van der Waals surface area contributed by atoms with E-state index in [0.29, 0.717) is 17.3 Å². The highest BCUT2D eigenvalue weighted by Gasteiger charge is 2.25. The molecular formula is C20H23ClN2O3. The van der Waals surface area contributed by atoms with E-state index in [-0.39, 0.29) is 18.4 Å². The molecule has 0 aliphatic carbocycles. The number of nitrogens with one attached hydrogen (secondary N) is 1. The third kappa shape index (κ3) is 5.49. The lowest BCUT2D eigenvalue weighted by Crippen LogP contribution is -2.48. The van der Waals surface area contributed by atoms with E-state index >= 15 is 0 Å². The first-order valence-electron chi connectivity index (χ1n) is 8.35. The highest BCUT2D eigenvalue weighted by Crippen LogP contribution is 2.18. The number of benzene rings is 2. The second kappa shape index (κ2) is 9.25. The molecule has 0 saturated heterocycles. The van der Waals surface area contributed by atoms with Crippen LogP contribution in [0.2, 0.25) is 5.02 Å². The van der Waals surface area contributed by atoms with Crippen molar-refractivity contribution in [3.8, 4) is 5.75 Å².